The quantitative estimate of drug-likeness (QED) is 0.627. The average molecular weight is 282 g/mol. The van der Waals surface area contributed by atoms with Crippen LogP contribution in [-0.2, 0) is 4.79 Å². The Morgan fingerprint density at radius 1 is 1.05 bits per heavy atom. The first-order chi connectivity index (χ1) is 9.66. The molecule has 20 heavy (non-hydrogen) atoms. The number of carboxylic acid groups (broad SMARTS) is 1. The lowest BCUT2D eigenvalue weighted by Gasteiger charge is -2.28. The van der Waals surface area contributed by atoms with E-state index in [0.717, 1.165) is 44.6 Å². The van der Waals surface area contributed by atoms with E-state index in [0.29, 0.717) is 6.54 Å². The first-order valence-electron chi connectivity index (χ1n) is 7.91. The van der Waals surface area contributed by atoms with E-state index in [-0.39, 0.29) is 17.9 Å². The van der Waals surface area contributed by atoms with Crippen molar-refractivity contribution in [2.45, 2.75) is 51.4 Å². The zero-order valence-corrected chi connectivity index (χ0v) is 12.1. The first kappa shape index (κ1) is 15.1. The molecule has 3 N–H and O–H groups in total. The highest BCUT2D eigenvalue weighted by atomic mass is 16.4. The fraction of sp³-hybridized carbons (Fsp3) is 0.867. The van der Waals surface area contributed by atoms with Gasteiger partial charge in [-0.1, -0.05) is 25.7 Å². The molecule has 2 rings (SSSR count). The molecule has 2 unspecified atom stereocenters. The predicted molar refractivity (Wildman–Crippen MR) is 76.4 cm³/mol. The minimum Gasteiger partial charge on any atom is -0.481 e. The molecule has 2 atom stereocenters. The van der Waals surface area contributed by atoms with Gasteiger partial charge in [0.25, 0.3) is 0 Å². The summed E-state index contributed by atoms with van der Waals surface area (Å²) in [7, 11) is 0. The molecule has 2 aliphatic carbocycles. The van der Waals surface area contributed by atoms with Crippen molar-refractivity contribution in [1.82, 2.24) is 10.6 Å². The van der Waals surface area contributed by atoms with Gasteiger partial charge in [-0.05, 0) is 37.5 Å². The number of hydrogen-bond acceptors (Lipinski definition) is 2. The third-order valence-corrected chi connectivity index (χ3v) is 4.52. The van der Waals surface area contributed by atoms with E-state index in [1.165, 1.54) is 19.3 Å². The molecular formula is C15H26N2O3. The molecule has 0 radical (unpaired) electrons. The summed E-state index contributed by atoms with van der Waals surface area (Å²) in [6.45, 7) is 1.20. The van der Waals surface area contributed by atoms with Gasteiger partial charge < -0.3 is 15.7 Å². The molecule has 0 heterocycles. The molecule has 0 aromatic carbocycles. The standard InChI is InChI=1S/C15H26N2O3/c18-14(19)13-6-2-1-5-12(13)10-17-15(20)16-9-3-4-11-7-8-11/h11-13H,1-10H2,(H,18,19)(H2,16,17,20). The number of carbonyl (C=O) groups excluding carboxylic acids is 1. The molecule has 0 aromatic rings. The van der Waals surface area contributed by atoms with Gasteiger partial charge in [0.05, 0.1) is 5.92 Å². The molecular weight excluding hydrogens is 256 g/mol. The van der Waals surface area contributed by atoms with Crippen LogP contribution in [0.3, 0.4) is 0 Å². The molecule has 5 heteroatoms. The number of amides is 2. The van der Waals surface area contributed by atoms with Crippen LogP contribution in [0.1, 0.15) is 51.4 Å². The monoisotopic (exact) mass is 282 g/mol. The number of urea groups is 1. The van der Waals surface area contributed by atoms with Gasteiger partial charge in [0.1, 0.15) is 0 Å². The summed E-state index contributed by atoms with van der Waals surface area (Å²) >= 11 is 0. The lowest BCUT2D eigenvalue weighted by Crippen LogP contribution is -2.42. The van der Waals surface area contributed by atoms with E-state index >= 15 is 0 Å². The van der Waals surface area contributed by atoms with Crippen molar-refractivity contribution in [2.75, 3.05) is 13.1 Å². The van der Waals surface area contributed by atoms with Gasteiger partial charge in [0, 0.05) is 13.1 Å². The SMILES string of the molecule is O=C(NCCCC1CC1)NCC1CCCCC1C(=O)O. The Labute approximate surface area is 120 Å². The molecule has 2 fully saturated rings. The molecule has 2 amide bonds. The van der Waals surface area contributed by atoms with E-state index in [1.54, 1.807) is 0 Å². The second-order valence-electron chi connectivity index (χ2n) is 6.21. The summed E-state index contributed by atoms with van der Waals surface area (Å²) in [5, 5.41) is 14.9. The maximum atomic E-state index is 11.7. The zero-order chi connectivity index (χ0) is 14.4. The van der Waals surface area contributed by atoms with E-state index < -0.39 is 5.97 Å². The largest absolute Gasteiger partial charge is 0.481 e. The Morgan fingerprint density at radius 3 is 2.50 bits per heavy atom. The maximum Gasteiger partial charge on any atom is 0.314 e. The lowest BCUT2D eigenvalue weighted by atomic mass is 9.79. The average Bonchev–Trinajstić information content (AvgIpc) is 3.25. The van der Waals surface area contributed by atoms with Crippen LogP contribution in [0.5, 0.6) is 0 Å². The topological polar surface area (TPSA) is 78.4 Å². The van der Waals surface area contributed by atoms with Crippen molar-refractivity contribution in [1.29, 1.82) is 0 Å². The molecule has 5 nitrogen and oxygen atoms in total. The fourth-order valence-corrected chi connectivity index (χ4v) is 3.06. The summed E-state index contributed by atoms with van der Waals surface area (Å²) in [6.07, 6.45) is 8.65. The van der Waals surface area contributed by atoms with Crippen LogP contribution < -0.4 is 10.6 Å². The second-order valence-corrected chi connectivity index (χ2v) is 6.21. The summed E-state index contributed by atoms with van der Waals surface area (Å²) < 4.78 is 0. The fourth-order valence-electron chi connectivity index (χ4n) is 3.06. The minimum absolute atomic E-state index is 0.0819. The summed E-state index contributed by atoms with van der Waals surface area (Å²) in [5.74, 6) is -0.0304. The lowest BCUT2D eigenvalue weighted by molar-refractivity contribution is -0.144. The van der Waals surface area contributed by atoms with E-state index in [9.17, 15) is 14.7 Å². The number of rotatable bonds is 7. The Morgan fingerprint density at radius 2 is 1.80 bits per heavy atom. The van der Waals surface area contributed by atoms with Crippen molar-refractivity contribution in [2.24, 2.45) is 17.8 Å². The number of carbonyl (C=O) groups is 2. The third kappa shape index (κ3) is 5.02. The Bertz CT molecular complexity index is 342. The molecule has 114 valence electrons. The second kappa shape index (κ2) is 7.50. The molecule has 0 bridgehead atoms. The van der Waals surface area contributed by atoms with Crippen molar-refractivity contribution >= 4 is 12.0 Å². The van der Waals surface area contributed by atoms with Gasteiger partial charge in [-0.25, -0.2) is 4.79 Å². The Kier molecular flexibility index (Phi) is 5.68. The van der Waals surface area contributed by atoms with E-state index in [2.05, 4.69) is 10.6 Å². The Hall–Kier alpha value is -1.26. The minimum atomic E-state index is -0.721. The van der Waals surface area contributed by atoms with Crippen molar-refractivity contribution in [3.8, 4) is 0 Å². The molecule has 0 saturated heterocycles. The van der Waals surface area contributed by atoms with E-state index in [1.807, 2.05) is 0 Å². The van der Waals surface area contributed by atoms with Gasteiger partial charge in [0.15, 0.2) is 0 Å². The van der Waals surface area contributed by atoms with Gasteiger partial charge in [0.2, 0.25) is 0 Å². The van der Waals surface area contributed by atoms with Gasteiger partial charge >= 0.3 is 12.0 Å². The van der Waals surface area contributed by atoms with Crippen LogP contribution >= 0.6 is 0 Å². The number of nitrogens with one attached hydrogen (secondary N) is 2. The molecule has 2 saturated carbocycles. The van der Waals surface area contributed by atoms with Crippen LogP contribution in [-0.4, -0.2) is 30.2 Å². The summed E-state index contributed by atoms with van der Waals surface area (Å²) in [5.41, 5.74) is 0. The summed E-state index contributed by atoms with van der Waals surface area (Å²) in [4.78, 5) is 22.8. The number of hydrogen-bond donors (Lipinski definition) is 3. The zero-order valence-electron chi connectivity index (χ0n) is 12.1. The van der Waals surface area contributed by atoms with Gasteiger partial charge in [-0.3, -0.25) is 4.79 Å². The van der Waals surface area contributed by atoms with Crippen LogP contribution in [0, 0.1) is 17.8 Å². The first-order valence-corrected chi connectivity index (χ1v) is 7.91. The van der Waals surface area contributed by atoms with Gasteiger partial charge in [-0.2, -0.15) is 0 Å². The molecule has 2 aliphatic rings. The van der Waals surface area contributed by atoms with Crippen molar-refractivity contribution < 1.29 is 14.7 Å². The highest BCUT2D eigenvalue weighted by Crippen LogP contribution is 2.33. The summed E-state index contributed by atoms with van der Waals surface area (Å²) in [6, 6.07) is -0.157. The highest BCUT2D eigenvalue weighted by Gasteiger charge is 2.30. The van der Waals surface area contributed by atoms with Crippen molar-refractivity contribution in [3.05, 3.63) is 0 Å². The molecule has 0 spiro atoms. The van der Waals surface area contributed by atoms with Crippen LogP contribution in [0.15, 0.2) is 0 Å². The Balaban J connectivity index is 1.59. The smallest absolute Gasteiger partial charge is 0.314 e. The van der Waals surface area contributed by atoms with Crippen LogP contribution in [0.2, 0.25) is 0 Å². The van der Waals surface area contributed by atoms with Gasteiger partial charge in [-0.15, -0.1) is 0 Å². The molecule has 0 aromatic heterocycles. The van der Waals surface area contributed by atoms with Crippen LogP contribution in [0.4, 0.5) is 4.79 Å². The highest BCUT2D eigenvalue weighted by molar-refractivity contribution is 5.74. The number of carboxylic acids is 1. The normalized spacial score (nSPS) is 26.0. The number of aliphatic carboxylic acids is 1. The maximum absolute atomic E-state index is 11.7. The van der Waals surface area contributed by atoms with E-state index in [4.69, 9.17) is 0 Å². The third-order valence-electron chi connectivity index (χ3n) is 4.52. The molecule has 0 aliphatic heterocycles. The van der Waals surface area contributed by atoms with Crippen molar-refractivity contribution in [3.63, 3.8) is 0 Å². The van der Waals surface area contributed by atoms with Crippen LogP contribution in [0.25, 0.3) is 0 Å². The predicted octanol–water partition coefficient (Wildman–Crippen LogP) is 2.37.